The van der Waals surface area contributed by atoms with Crippen LogP contribution < -0.4 is 0 Å². The number of rotatable bonds is 1. The maximum atomic E-state index is 12.4. The summed E-state index contributed by atoms with van der Waals surface area (Å²) in [6.07, 6.45) is 0. The fourth-order valence-electron chi connectivity index (χ4n) is 1.93. The van der Waals surface area contributed by atoms with Gasteiger partial charge in [-0.3, -0.25) is 4.79 Å². The van der Waals surface area contributed by atoms with Crippen LogP contribution in [0.15, 0.2) is 35.4 Å². The van der Waals surface area contributed by atoms with Gasteiger partial charge in [0, 0.05) is 11.3 Å². The molecule has 1 aromatic rings. The van der Waals surface area contributed by atoms with Crippen molar-refractivity contribution >= 4 is 11.6 Å². The first kappa shape index (κ1) is 12.8. The quantitative estimate of drug-likeness (QED) is 0.826. The molecule has 0 unspecified atom stereocenters. The summed E-state index contributed by atoms with van der Waals surface area (Å²) in [7, 11) is 0. The highest BCUT2D eigenvalue weighted by Gasteiger charge is 2.53. The van der Waals surface area contributed by atoms with Crippen LogP contribution in [0.25, 0.3) is 0 Å². The second-order valence-corrected chi connectivity index (χ2v) is 5.31. The van der Waals surface area contributed by atoms with Crippen molar-refractivity contribution in [2.24, 2.45) is 10.5 Å². The van der Waals surface area contributed by atoms with Gasteiger partial charge in [0.05, 0.1) is 5.41 Å². The van der Waals surface area contributed by atoms with E-state index in [9.17, 15) is 9.90 Å². The average Bonchev–Trinajstić information content (AvgIpc) is 2.49. The highest BCUT2D eigenvalue weighted by molar-refractivity contribution is 5.99. The Hall–Kier alpha value is -1.68. The Morgan fingerprint density at radius 1 is 1.22 bits per heavy atom. The molecule has 1 aliphatic heterocycles. The highest BCUT2D eigenvalue weighted by Crippen LogP contribution is 2.41. The molecule has 1 aliphatic rings. The molecule has 1 aromatic carbocycles. The third-order valence-electron chi connectivity index (χ3n) is 3.96. The Kier molecular flexibility index (Phi) is 2.78. The SMILES string of the molecule is CC1=NN(C(=O)c2ccccc2)[C@](C)(O)C1(C)C. The predicted molar refractivity (Wildman–Crippen MR) is 70.1 cm³/mol. The van der Waals surface area contributed by atoms with Gasteiger partial charge in [-0.1, -0.05) is 18.2 Å². The standard InChI is InChI=1S/C14H18N2O2/c1-10-13(2,3)14(4,18)16(15-10)12(17)11-8-6-5-7-9-11/h5-9,18H,1-4H3/t14-/m1/s1. The van der Waals surface area contributed by atoms with Crippen molar-refractivity contribution in [2.45, 2.75) is 33.4 Å². The first-order chi connectivity index (χ1) is 8.28. The molecule has 1 atom stereocenters. The van der Waals surface area contributed by atoms with Crippen LogP contribution in [0.1, 0.15) is 38.1 Å². The molecule has 96 valence electrons. The van der Waals surface area contributed by atoms with Gasteiger partial charge in [-0.25, -0.2) is 0 Å². The van der Waals surface area contributed by atoms with Crippen molar-refractivity contribution in [3.05, 3.63) is 35.9 Å². The second kappa shape index (κ2) is 3.92. The summed E-state index contributed by atoms with van der Waals surface area (Å²) in [4.78, 5) is 12.4. The zero-order valence-electron chi connectivity index (χ0n) is 11.1. The Balaban J connectivity index is 2.40. The van der Waals surface area contributed by atoms with E-state index < -0.39 is 11.1 Å². The van der Waals surface area contributed by atoms with Gasteiger partial charge in [-0.2, -0.15) is 10.1 Å². The minimum absolute atomic E-state index is 0.287. The van der Waals surface area contributed by atoms with Crippen LogP contribution in [0.5, 0.6) is 0 Å². The molecule has 1 N–H and O–H groups in total. The third kappa shape index (κ3) is 1.64. The lowest BCUT2D eigenvalue weighted by Crippen LogP contribution is -2.53. The molecule has 0 saturated heterocycles. The Bertz CT molecular complexity index is 504. The Morgan fingerprint density at radius 2 is 1.78 bits per heavy atom. The molecule has 0 aromatic heterocycles. The molecular weight excluding hydrogens is 228 g/mol. The summed E-state index contributed by atoms with van der Waals surface area (Å²) in [6.45, 7) is 7.20. The number of carbonyl (C=O) groups is 1. The molecule has 0 aliphatic carbocycles. The van der Waals surface area contributed by atoms with E-state index in [2.05, 4.69) is 5.10 Å². The van der Waals surface area contributed by atoms with Gasteiger partial charge >= 0.3 is 0 Å². The molecular formula is C14H18N2O2. The van der Waals surface area contributed by atoms with Gasteiger partial charge in [-0.15, -0.1) is 0 Å². The summed E-state index contributed by atoms with van der Waals surface area (Å²) in [5.41, 5.74) is -0.606. The van der Waals surface area contributed by atoms with Crippen molar-refractivity contribution in [3.63, 3.8) is 0 Å². The molecule has 1 heterocycles. The monoisotopic (exact) mass is 246 g/mol. The highest BCUT2D eigenvalue weighted by atomic mass is 16.3. The van der Waals surface area contributed by atoms with Crippen molar-refractivity contribution in [3.8, 4) is 0 Å². The van der Waals surface area contributed by atoms with Crippen LogP contribution >= 0.6 is 0 Å². The minimum atomic E-state index is -1.32. The van der Waals surface area contributed by atoms with Crippen LogP contribution in [-0.4, -0.2) is 27.5 Å². The van der Waals surface area contributed by atoms with E-state index in [1.165, 1.54) is 5.01 Å². The smallest absolute Gasteiger partial charge is 0.276 e. The number of hydrogen-bond donors (Lipinski definition) is 1. The average molecular weight is 246 g/mol. The maximum Gasteiger partial charge on any atom is 0.276 e. The number of amides is 1. The molecule has 2 rings (SSSR count). The maximum absolute atomic E-state index is 12.4. The molecule has 18 heavy (non-hydrogen) atoms. The van der Waals surface area contributed by atoms with E-state index in [4.69, 9.17) is 0 Å². The predicted octanol–water partition coefficient (Wildman–Crippen LogP) is 2.25. The van der Waals surface area contributed by atoms with Crippen molar-refractivity contribution in [1.29, 1.82) is 0 Å². The van der Waals surface area contributed by atoms with Gasteiger partial charge in [0.2, 0.25) is 0 Å². The lowest BCUT2D eigenvalue weighted by Gasteiger charge is -2.37. The van der Waals surface area contributed by atoms with E-state index in [-0.39, 0.29) is 5.91 Å². The van der Waals surface area contributed by atoms with Gasteiger partial charge < -0.3 is 5.11 Å². The van der Waals surface area contributed by atoms with Gasteiger partial charge in [-0.05, 0) is 39.8 Å². The summed E-state index contributed by atoms with van der Waals surface area (Å²) < 4.78 is 0. The molecule has 0 fully saturated rings. The number of carbonyl (C=O) groups excluding carboxylic acids is 1. The first-order valence-corrected chi connectivity index (χ1v) is 5.96. The summed E-state index contributed by atoms with van der Waals surface area (Å²) >= 11 is 0. The third-order valence-corrected chi connectivity index (χ3v) is 3.96. The summed E-state index contributed by atoms with van der Waals surface area (Å²) in [5.74, 6) is -0.287. The number of aliphatic hydroxyl groups is 1. The van der Waals surface area contributed by atoms with Crippen LogP contribution in [0.4, 0.5) is 0 Å². The normalized spacial score (nSPS) is 26.1. The second-order valence-electron chi connectivity index (χ2n) is 5.31. The minimum Gasteiger partial charge on any atom is -0.368 e. The zero-order chi connectivity index (χ0) is 13.6. The Labute approximate surface area is 107 Å². The molecule has 0 spiro atoms. The summed E-state index contributed by atoms with van der Waals surface area (Å²) in [6, 6.07) is 8.86. The molecule has 1 amide bonds. The number of benzene rings is 1. The largest absolute Gasteiger partial charge is 0.368 e. The first-order valence-electron chi connectivity index (χ1n) is 5.96. The molecule has 4 heteroatoms. The van der Waals surface area contributed by atoms with Crippen LogP contribution in [-0.2, 0) is 0 Å². The van der Waals surface area contributed by atoms with Crippen LogP contribution in [0.3, 0.4) is 0 Å². The van der Waals surface area contributed by atoms with Crippen LogP contribution in [0.2, 0.25) is 0 Å². The van der Waals surface area contributed by atoms with E-state index in [1.807, 2.05) is 26.8 Å². The number of nitrogens with zero attached hydrogens (tertiary/aromatic N) is 2. The molecule has 0 saturated carbocycles. The zero-order valence-corrected chi connectivity index (χ0v) is 11.1. The van der Waals surface area contributed by atoms with Gasteiger partial charge in [0.25, 0.3) is 5.91 Å². The van der Waals surface area contributed by atoms with E-state index in [1.54, 1.807) is 31.2 Å². The molecule has 0 bridgehead atoms. The Morgan fingerprint density at radius 3 is 2.22 bits per heavy atom. The summed E-state index contributed by atoms with van der Waals surface area (Å²) in [5, 5.41) is 16.0. The molecule has 4 nitrogen and oxygen atoms in total. The van der Waals surface area contributed by atoms with Crippen molar-refractivity contribution in [2.75, 3.05) is 0 Å². The fourth-order valence-corrected chi connectivity index (χ4v) is 1.93. The lowest BCUT2D eigenvalue weighted by atomic mass is 9.79. The topological polar surface area (TPSA) is 52.9 Å². The number of hydrazone groups is 1. The van der Waals surface area contributed by atoms with E-state index in [0.29, 0.717) is 5.56 Å². The molecule has 0 radical (unpaired) electrons. The van der Waals surface area contributed by atoms with E-state index >= 15 is 0 Å². The van der Waals surface area contributed by atoms with Crippen molar-refractivity contribution in [1.82, 2.24) is 5.01 Å². The van der Waals surface area contributed by atoms with Gasteiger partial charge in [0.1, 0.15) is 0 Å². The van der Waals surface area contributed by atoms with Gasteiger partial charge in [0.15, 0.2) is 5.72 Å². The fraction of sp³-hybridized carbons (Fsp3) is 0.429. The number of hydrogen-bond acceptors (Lipinski definition) is 3. The lowest BCUT2D eigenvalue weighted by molar-refractivity contribution is -0.110. The van der Waals surface area contributed by atoms with Crippen molar-refractivity contribution < 1.29 is 9.90 Å². The van der Waals surface area contributed by atoms with E-state index in [0.717, 1.165) is 5.71 Å². The van der Waals surface area contributed by atoms with Crippen LogP contribution in [0, 0.1) is 5.41 Å².